The van der Waals surface area contributed by atoms with Gasteiger partial charge in [-0.25, -0.2) is 0 Å². The first-order valence-electron chi connectivity index (χ1n) is 9.78. The Balaban J connectivity index is 1.59. The molecule has 1 aliphatic heterocycles. The van der Waals surface area contributed by atoms with E-state index < -0.39 is 12.1 Å². The molecule has 4 rings (SSSR count). The van der Waals surface area contributed by atoms with Crippen LogP contribution in [0.5, 0.6) is 0 Å². The van der Waals surface area contributed by atoms with E-state index in [-0.39, 0.29) is 18.4 Å². The van der Waals surface area contributed by atoms with Gasteiger partial charge in [-0.1, -0.05) is 47.6 Å². The summed E-state index contributed by atoms with van der Waals surface area (Å²) in [6, 6.07) is 16.1. The lowest BCUT2D eigenvalue weighted by atomic mass is 10.0. The third-order valence-electron chi connectivity index (χ3n) is 5.02. The third kappa shape index (κ3) is 4.33. The Bertz CT molecular complexity index is 1070. The van der Waals surface area contributed by atoms with Gasteiger partial charge < -0.3 is 20.3 Å². The summed E-state index contributed by atoms with van der Waals surface area (Å²) in [6.07, 6.45) is 2.08. The van der Waals surface area contributed by atoms with Gasteiger partial charge in [0.2, 0.25) is 5.89 Å². The minimum absolute atomic E-state index is 0.116. The molecule has 0 saturated heterocycles. The standard InChI is InChI=1S/C22H23N5O4/c1-30-25-17-11-19(20-24-21(31-26-20)18(23)13-28)27(12-17)22(29)16-9-7-15(8-10-16)14-5-3-2-4-6-14/h2-10,12,18-19,25,28H,11,13,23H2,1H3/t18-,19?/m0/s1. The van der Waals surface area contributed by atoms with Crippen molar-refractivity contribution in [3.63, 3.8) is 0 Å². The van der Waals surface area contributed by atoms with Gasteiger partial charge >= 0.3 is 0 Å². The van der Waals surface area contributed by atoms with Crippen molar-refractivity contribution >= 4 is 5.91 Å². The molecule has 3 aromatic rings. The number of carbonyl (C=O) groups is 1. The molecule has 0 fully saturated rings. The predicted molar refractivity (Wildman–Crippen MR) is 112 cm³/mol. The molecular weight excluding hydrogens is 398 g/mol. The molecule has 0 aliphatic carbocycles. The molecule has 2 heterocycles. The van der Waals surface area contributed by atoms with Crippen LogP contribution in [0.25, 0.3) is 11.1 Å². The van der Waals surface area contributed by atoms with E-state index in [0.717, 1.165) is 11.1 Å². The number of nitrogens with two attached hydrogens (primary N) is 1. The summed E-state index contributed by atoms with van der Waals surface area (Å²) < 4.78 is 5.16. The van der Waals surface area contributed by atoms with Crippen LogP contribution in [0, 0.1) is 0 Å². The Morgan fingerprint density at radius 2 is 1.97 bits per heavy atom. The maximum absolute atomic E-state index is 13.3. The first-order valence-corrected chi connectivity index (χ1v) is 9.78. The zero-order valence-electron chi connectivity index (χ0n) is 16.9. The fourth-order valence-electron chi connectivity index (χ4n) is 3.43. The number of benzene rings is 2. The Labute approximate surface area is 179 Å². The number of hydroxylamine groups is 1. The van der Waals surface area contributed by atoms with Crippen LogP contribution in [0.2, 0.25) is 0 Å². The topological polar surface area (TPSA) is 127 Å². The van der Waals surface area contributed by atoms with Crippen molar-refractivity contribution in [2.45, 2.75) is 18.5 Å². The molecule has 1 amide bonds. The lowest BCUT2D eigenvalue weighted by molar-refractivity contribution is 0.0777. The molecule has 0 saturated carbocycles. The van der Waals surface area contributed by atoms with Crippen molar-refractivity contribution in [3.8, 4) is 11.1 Å². The molecule has 1 aromatic heterocycles. The summed E-state index contributed by atoms with van der Waals surface area (Å²) in [7, 11) is 1.50. The lowest BCUT2D eigenvalue weighted by Crippen LogP contribution is -2.28. The van der Waals surface area contributed by atoms with E-state index in [1.165, 1.54) is 12.0 Å². The Morgan fingerprint density at radius 3 is 2.65 bits per heavy atom. The van der Waals surface area contributed by atoms with Crippen molar-refractivity contribution in [1.82, 2.24) is 20.5 Å². The van der Waals surface area contributed by atoms with Crippen LogP contribution in [0.15, 0.2) is 71.0 Å². The molecule has 1 unspecified atom stereocenters. The normalized spacial score (nSPS) is 16.8. The molecule has 9 heteroatoms. The summed E-state index contributed by atoms with van der Waals surface area (Å²) in [4.78, 5) is 24.1. The fourth-order valence-corrected chi connectivity index (χ4v) is 3.43. The van der Waals surface area contributed by atoms with E-state index in [4.69, 9.17) is 15.1 Å². The maximum atomic E-state index is 13.3. The monoisotopic (exact) mass is 421 g/mol. The van der Waals surface area contributed by atoms with Crippen molar-refractivity contribution in [1.29, 1.82) is 0 Å². The second-order valence-corrected chi connectivity index (χ2v) is 7.12. The molecule has 1 aliphatic rings. The van der Waals surface area contributed by atoms with Gasteiger partial charge in [-0.3, -0.25) is 15.1 Å². The summed E-state index contributed by atoms with van der Waals surface area (Å²) in [5, 5.41) is 13.2. The van der Waals surface area contributed by atoms with Gasteiger partial charge in [0.1, 0.15) is 12.1 Å². The molecule has 31 heavy (non-hydrogen) atoms. The smallest absolute Gasteiger partial charge is 0.258 e. The van der Waals surface area contributed by atoms with E-state index in [9.17, 15) is 9.90 Å². The van der Waals surface area contributed by atoms with Crippen LogP contribution >= 0.6 is 0 Å². The van der Waals surface area contributed by atoms with E-state index in [2.05, 4.69) is 15.6 Å². The largest absolute Gasteiger partial charge is 0.394 e. The second kappa shape index (κ2) is 9.09. The van der Waals surface area contributed by atoms with Crippen LogP contribution in [0.1, 0.15) is 40.6 Å². The average Bonchev–Trinajstić information content (AvgIpc) is 3.46. The zero-order chi connectivity index (χ0) is 21.8. The minimum atomic E-state index is -0.776. The van der Waals surface area contributed by atoms with Gasteiger partial charge in [0.05, 0.1) is 19.4 Å². The highest BCUT2D eigenvalue weighted by Gasteiger charge is 2.35. The van der Waals surface area contributed by atoms with E-state index in [0.29, 0.717) is 23.5 Å². The molecule has 2 atom stereocenters. The first kappa shape index (κ1) is 20.7. The van der Waals surface area contributed by atoms with Crippen molar-refractivity contribution < 1.29 is 19.3 Å². The molecule has 0 radical (unpaired) electrons. The number of hydrogen-bond donors (Lipinski definition) is 3. The van der Waals surface area contributed by atoms with Crippen LogP contribution < -0.4 is 11.2 Å². The molecule has 160 valence electrons. The summed E-state index contributed by atoms with van der Waals surface area (Å²) in [6.45, 7) is -0.322. The SMILES string of the molecule is CONC1=CN(C(=O)c2ccc(-c3ccccc3)cc2)C(c2noc([C@@H](N)CO)n2)C1. The highest BCUT2D eigenvalue weighted by molar-refractivity contribution is 5.96. The highest BCUT2D eigenvalue weighted by atomic mass is 16.6. The molecule has 0 spiro atoms. The number of hydrogen-bond acceptors (Lipinski definition) is 8. The number of aliphatic hydroxyl groups excluding tert-OH is 1. The van der Waals surface area contributed by atoms with Crippen molar-refractivity contribution in [3.05, 3.63) is 83.8 Å². The van der Waals surface area contributed by atoms with Gasteiger partial charge in [0.15, 0.2) is 5.82 Å². The average molecular weight is 421 g/mol. The van der Waals surface area contributed by atoms with Gasteiger partial charge in [-0.05, 0) is 23.3 Å². The zero-order valence-corrected chi connectivity index (χ0v) is 16.9. The van der Waals surface area contributed by atoms with Gasteiger partial charge in [0, 0.05) is 18.2 Å². The first-order chi connectivity index (χ1) is 15.1. The van der Waals surface area contributed by atoms with Gasteiger partial charge in [-0.15, -0.1) is 0 Å². The number of aromatic nitrogens is 2. The van der Waals surface area contributed by atoms with E-state index in [1.807, 2.05) is 42.5 Å². The molecular formula is C22H23N5O4. The van der Waals surface area contributed by atoms with Crippen molar-refractivity contribution in [2.24, 2.45) is 5.73 Å². The minimum Gasteiger partial charge on any atom is -0.394 e. The van der Waals surface area contributed by atoms with Gasteiger partial charge in [0.25, 0.3) is 5.91 Å². The summed E-state index contributed by atoms with van der Waals surface area (Å²) >= 11 is 0. The number of nitrogens with zero attached hydrogens (tertiary/aromatic N) is 3. The van der Waals surface area contributed by atoms with Crippen LogP contribution in [0.3, 0.4) is 0 Å². The molecule has 0 bridgehead atoms. The van der Waals surface area contributed by atoms with Crippen molar-refractivity contribution in [2.75, 3.05) is 13.7 Å². The Kier molecular flexibility index (Phi) is 6.08. The fraction of sp³-hybridized carbons (Fsp3) is 0.227. The van der Waals surface area contributed by atoms with Crippen LogP contribution in [-0.4, -0.2) is 39.8 Å². The number of aliphatic hydroxyl groups is 1. The summed E-state index contributed by atoms with van der Waals surface area (Å²) in [5.41, 5.74) is 11.8. The van der Waals surface area contributed by atoms with Crippen LogP contribution in [-0.2, 0) is 4.84 Å². The highest BCUT2D eigenvalue weighted by Crippen LogP contribution is 2.34. The maximum Gasteiger partial charge on any atom is 0.258 e. The second-order valence-electron chi connectivity index (χ2n) is 7.12. The van der Waals surface area contributed by atoms with Crippen LogP contribution in [0.4, 0.5) is 0 Å². The van der Waals surface area contributed by atoms with E-state index >= 15 is 0 Å². The Hall–Kier alpha value is -3.53. The molecule has 9 nitrogen and oxygen atoms in total. The predicted octanol–water partition coefficient (Wildman–Crippen LogP) is 2.31. The quantitative estimate of drug-likeness (QED) is 0.496. The number of rotatable bonds is 7. The molecule has 4 N–H and O–H groups in total. The number of nitrogens with one attached hydrogen (secondary N) is 1. The van der Waals surface area contributed by atoms with E-state index in [1.54, 1.807) is 18.3 Å². The van der Waals surface area contributed by atoms with Gasteiger partial charge in [-0.2, -0.15) is 4.98 Å². The number of carbonyl (C=O) groups excluding carboxylic acids is 1. The summed E-state index contributed by atoms with van der Waals surface area (Å²) in [5.74, 6) is 0.206. The molecule has 2 aromatic carbocycles. The Morgan fingerprint density at radius 1 is 1.26 bits per heavy atom. The lowest BCUT2D eigenvalue weighted by Gasteiger charge is -2.21. The number of amides is 1. The third-order valence-corrected chi connectivity index (χ3v) is 5.02.